The van der Waals surface area contributed by atoms with E-state index in [1.807, 2.05) is 0 Å². The lowest BCUT2D eigenvalue weighted by atomic mass is 9.95. The summed E-state index contributed by atoms with van der Waals surface area (Å²) in [4.78, 5) is 42.9. The van der Waals surface area contributed by atoms with Crippen molar-refractivity contribution < 1.29 is 32.6 Å². The average Bonchev–Trinajstić information content (AvgIpc) is 3.35. The monoisotopic (exact) mass is 576 g/mol. The maximum atomic E-state index is 14.4. The van der Waals surface area contributed by atoms with Gasteiger partial charge in [-0.15, -0.1) is 0 Å². The smallest absolute Gasteiger partial charge is 0.275 e. The van der Waals surface area contributed by atoms with Gasteiger partial charge in [0.25, 0.3) is 5.91 Å². The Hall–Kier alpha value is -5.33. The molecule has 42 heavy (non-hydrogen) atoms. The average molecular weight is 577 g/mol. The van der Waals surface area contributed by atoms with Crippen LogP contribution < -0.4 is 20.9 Å². The number of primary amides is 2. The summed E-state index contributed by atoms with van der Waals surface area (Å²) in [5.74, 6) is -3.08. The van der Waals surface area contributed by atoms with Crippen molar-refractivity contribution in [2.24, 2.45) is 11.5 Å². The third-order valence-electron chi connectivity index (χ3n) is 7.29. The maximum Gasteiger partial charge on any atom is 0.275 e. The second-order valence-corrected chi connectivity index (χ2v) is 10.2. The third-order valence-corrected chi connectivity index (χ3v) is 7.29. The van der Waals surface area contributed by atoms with E-state index in [4.69, 9.17) is 20.9 Å². The number of carbonyl (C=O) groups excluding carboxylic acids is 3. The molecule has 2 aromatic heterocycles. The Bertz CT molecular complexity index is 1760. The van der Waals surface area contributed by atoms with E-state index in [2.05, 4.69) is 10.1 Å². The van der Waals surface area contributed by atoms with E-state index in [-0.39, 0.29) is 23.6 Å². The summed E-state index contributed by atoms with van der Waals surface area (Å²) in [5.41, 5.74) is 11.7. The van der Waals surface area contributed by atoms with Crippen molar-refractivity contribution >= 4 is 17.7 Å². The van der Waals surface area contributed by atoms with Crippen molar-refractivity contribution in [2.45, 2.75) is 26.0 Å². The minimum atomic E-state index is -1.38. The summed E-state index contributed by atoms with van der Waals surface area (Å²) in [6.07, 6.45) is 2.84. The zero-order valence-electron chi connectivity index (χ0n) is 23.1. The van der Waals surface area contributed by atoms with Crippen LogP contribution >= 0.6 is 0 Å². The highest BCUT2D eigenvalue weighted by Gasteiger charge is 2.38. The lowest BCUT2D eigenvalue weighted by Crippen LogP contribution is -2.54. The number of nitrogens with zero attached hydrogens (tertiary/aromatic N) is 4. The van der Waals surface area contributed by atoms with E-state index in [1.165, 1.54) is 45.1 Å². The first-order valence-corrected chi connectivity index (χ1v) is 12.6. The van der Waals surface area contributed by atoms with E-state index in [0.717, 1.165) is 17.0 Å². The number of rotatable bonds is 7. The number of amides is 3. The number of methoxy groups -OCH3 is 1. The first-order valence-electron chi connectivity index (χ1n) is 12.6. The zero-order valence-corrected chi connectivity index (χ0v) is 23.1. The van der Waals surface area contributed by atoms with Crippen LogP contribution in [0.1, 0.15) is 40.3 Å². The van der Waals surface area contributed by atoms with Gasteiger partial charge in [0.05, 0.1) is 24.1 Å². The summed E-state index contributed by atoms with van der Waals surface area (Å²) < 4.78 is 41.6. The molecule has 1 aliphatic rings. The lowest BCUT2D eigenvalue weighted by Gasteiger charge is -2.32. The Labute approximate surface area is 238 Å². The van der Waals surface area contributed by atoms with Gasteiger partial charge in [-0.1, -0.05) is 0 Å². The van der Waals surface area contributed by atoms with Crippen molar-refractivity contribution in [3.8, 4) is 39.6 Å². The number of halogens is 2. The predicted octanol–water partition coefficient (Wildman–Crippen LogP) is 3.22. The fraction of sp³-hybridized carbons (Fsp3) is 0.207. The van der Waals surface area contributed by atoms with Crippen LogP contribution in [0.25, 0.3) is 28.1 Å². The van der Waals surface area contributed by atoms with E-state index < -0.39 is 34.9 Å². The normalized spacial score (nSPS) is 12.1. The van der Waals surface area contributed by atoms with Crippen LogP contribution in [0.4, 0.5) is 8.78 Å². The Morgan fingerprint density at radius 2 is 1.71 bits per heavy atom. The molecule has 11 nitrogen and oxygen atoms in total. The Kier molecular flexibility index (Phi) is 6.89. The Balaban J connectivity index is 1.78. The van der Waals surface area contributed by atoms with Gasteiger partial charge in [0.15, 0.2) is 5.69 Å². The number of nitrogens with two attached hydrogens (primary N) is 2. The van der Waals surface area contributed by atoms with Gasteiger partial charge in [0.2, 0.25) is 11.8 Å². The van der Waals surface area contributed by atoms with Crippen LogP contribution in [0.3, 0.4) is 0 Å². The predicted molar refractivity (Wildman–Crippen MR) is 147 cm³/mol. The number of hydrogen-bond donors (Lipinski definition) is 2. The third kappa shape index (κ3) is 4.68. The number of pyridine rings is 1. The minimum Gasteiger partial charge on any atom is -0.496 e. The van der Waals surface area contributed by atoms with Crippen molar-refractivity contribution in [1.82, 2.24) is 19.7 Å². The Morgan fingerprint density at radius 3 is 2.33 bits per heavy atom. The summed E-state index contributed by atoms with van der Waals surface area (Å²) in [7, 11) is 2.86. The molecule has 1 aliphatic heterocycles. The van der Waals surface area contributed by atoms with Gasteiger partial charge >= 0.3 is 0 Å². The molecule has 0 fully saturated rings. The lowest BCUT2D eigenvalue weighted by molar-refractivity contribution is -0.126. The number of benzene rings is 2. The van der Waals surface area contributed by atoms with Crippen molar-refractivity contribution in [3.05, 3.63) is 77.2 Å². The molecule has 216 valence electrons. The number of hydrogen-bond acceptors (Lipinski definition) is 7. The largest absolute Gasteiger partial charge is 0.496 e. The molecule has 0 atom stereocenters. The van der Waals surface area contributed by atoms with Crippen LogP contribution in [0, 0.1) is 11.6 Å². The summed E-state index contributed by atoms with van der Waals surface area (Å²) >= 11 is 0. The summed E-state index contributed by atoms with van der Waals surface area (Å²) in [6, 6.07) is 7.68. The molecule has 3 heterocycles. The first kappa shape index (κ1) is 28.2. The molecule has 0 spiro atoms. The molecule has 0 saturated carbocycles. The topological polar surface area (TPSA) is 156 Å². The number of fused-ring (bicyclic) bond motifs is 3. The first-order chi connectivity index (χ1) is 19.8. The minimum absolute atomic E-state index is 0.00206. The van der Waals surface area contributed by atoms with E-state index in [1.54, 1.807) is 18.2 Å². The molecule has 4 aromatic rings. The second-order valence-electron chi connectivity index (χ2n) is 10.2. The second kappa shape index (κ2) is 10.3. The van der Waals surface area contributed by atoms with Crippen molar-refractivity contribution in [1.29, 1.82) is 0 Å². The van der Waals surface area contributed by atoms with Crippen LogP contribution in [0.5, 0.6) is 11.5 Å². The maximum absolute atomic E-state index is 14.4. The van der Waals surface area contributed by atoms with Crippen molar-refractivity contribution in [3.63, 3.8) is 0 Å². The fourth-order valence-corrected chi connectivity index (χ4v) is 4.59. The molecule has 0 saturated heterocycles. The number of carbonyl (C=O) groups is 3. The van der Waals surface area contributed by atoms with Crippen LogP contribution in [-0.2, 0) is 11.4 Å². The van der Waals surface area contributed by atoms with Gasteiger partial charge in [-0.05, 0) is 38.1 Å². The highest BCUT2D eigenvalue weighted by Crippen LogP contribution is 2.46. The number of ether oxygens (including phenoxy) is 2. The summed E-state index contributed by atoms with van der Waals surface area (Å²) in [6.45, 7) is 2.84. The molecule has 2 aromatic carbocycles. The molecule has 0 unspecified atom stereocenters. The zero-order chi connectivity index (χ0) is 30.5. The highest BCUT2D eigenvalue weighted by atomic mass is 19.1. The molecule has 3 amide bonds. The standard InChI is InChI=1S/C29H26F2N6O5/c1-29(2,28(33)40)36(3)27(39)24-21-13-42-23-10-22(41-4)19(14-5-15(26(32)38)12-34-11-14)9-20(23)25(21)37(35-24)18-7-16(30)6-17(31)8-18/h5-12H,13H2,1-4H3,(H2,32,38)(H2,33,40). The number of likely N-dealkylation sites (N-methyl/N-ethyl adjacent to an activating group) is 1. The fourth-order valence-electron chi connectivity index (χ4n) is 4.59. The summed E-state index contributed by atoms with van der Waals surface area (Å²) in [5, 5.41) is 4.47. The van der Waals surface area contributed by atoms with Gasteiger partial charge in [-0.25, -0.2) is 13.5 Å². The molecule has 0 radical (unpaired) electrons. The molecule has 5 rings (SSSR count). The molecule has 13 heteroatoms. The molecule has 0 bridgehead atoms. The van der Waals surface area contributed by atoms with Gasteiger partial charge in [0.1, 0.15) is 35.3 Å². The molecular weight excluding hydrogens is 550 g/mol. The van der Waals surface area contributed by atoms with Crippen LogP contribution in [0.2, 0.25) is 0 Å². The van der Waals surface area contributed by atoms with Gasteiger partial charge in [-0.2, -0.15) is 5.10 Å². The van der Waals surface area contributed by atoms with E-state index in [0.29, 0.717) is 45.5 Å². The van der Waals surface area contributed by atoms with Gasteiger partial charge in [0, 0.05) is 53.8 Å². The molecular formula is C29H26F2N6O5. The van der Waals surface area contributed by atoms with Gasteiger partial charge < -0.3 is 25.8 Å². The number of aromatic nitrogens is 3. The highest BCUT2D eigenvalue weighted by molar-refractivity contribution is 6.00. The van der Waals surface area contributed by atoms with E-state index >= 15 is 0 Å². The van der Waals surface area contributed by atoms with E-state index in [9.17, 15) is 23.2 Å². The molecule has 0 aliphatic carbocycles. The van der Waals surface area contributed by atoms with Gasteiger partial charge in [-0.3, -0.25) is 19.4 Å². The SMILES string of the molecule is COc1cc2c(cc1-c1cncc(C(N)=O)c1)-c1c(c(C(=O)N(C)C(C)(C)C(N)=O)nn1-c1cc(F)cc(F)c1)CO2. The van der Waals surface area contributed by atoms with Crippen LogP contribution in [0.15, 0.2) is 48.8 Å². The Morgan fingerprint density at radius 1 is 1.02 bits per heavy atom. The quantitative estimate of drug-likeness (QED) is 0.342. The van der Waals surface area contributed by atoms with Crippen LogP contribution in [-0.4, -0.2) is 57.1 Å². The van der Waals surface area contributed by atoms with Crippen molar-refractivity contribution in [2.75, 3.05) is 14.2 Å². The molecule has 4 N–H and O–H groups in total.